The van der Waals surface area contributed by atoms with Gasteiger partial charge in [-0.2, -0.15) is 0 Å². The molecule has 5 nitrogen and oxygen atoms in total. The molecule has 0 spiro atoms. The van der Waals surface area contributed by atoms with Crippen LogP contribution in [0.4, 0.5) is 0 Å². The summed E-state index contributed by atoms with van der Waals surface area (Å²) in [6.07, 6.45) is 3.35. The fourth-order valence-electron chi connectivity index (χ4n) is 1.76. The molecule has 0 saturated carbocycles. The van der Waals surface area contributed by atoms with Gasteiger partial charge in [-0.15, -0.1) is 0 Å². The molecule has 5 heteroatoms. The highest BCUT2D eigenvalue weighted by atomic mass is 16.6. The van der Waals surface area contributed by atoms with Crippen molar-refractivity contribution in [3.05, 3.63) is 75.6 Å². The number of hydrogen-bond donors (Lipinski definition) is 0. The number of aromatic nitrogens is 1. The molecule has 20 heavy (non-hydrogen) atoms. The summed E-state index contributed by atoms with van der Waals surface area (Å²) in [5, 5.41) is 11.1. The Kier molecular flexibility index (Phi) is 4.44. The van der Waals surface area contributed by atoms with E-state index in [9.17, 15) is 10.1 Å². The first-order chi connectivity index (χ1) is 9.69. The summed E-state index contributed by atoms with van der Waals surface area (Å²) in [6.45, 7) is 0. The minimum Gasteiger partial charge on any atom is -0.481 e. The molecular formula is C15H14N2O3. The highest BCUT2D eigenvalue weighted by Crippen LogP contribution is 2.14. The third-order valence-electron chi connectivity index (χ3n) is 2.76. The zero-order valence-electron chi connectivity index (χ0n) is 11.0. The maximum atomic E-state index is 11.1. The highest BCUT2D eigenvalue weighted by molar-refractivity contribution is 5.51. The Hall–Kier alpha value is -2.69. The molecule has 1 aromatic carbocycles. The summed E-state index contributed by atoms with van der Waals surface area (Å²) in [7, 11) is 1.52. The molecule has 0 aliphatic heterocycles. The average molecular weight is 270 g/mol. The number of ether oxygens (including phenoxy) is 1. The van der Waals surface area contributed by atoms with Crippen LogP contribution in [-0.2, 0) is 6.42 Å². The molecule has 0 N–H and O–H groups in total. The van der Waals surface area contributed by atoms with Crippen molar-refractivity contribution in [2.24, 2.45) is 0 Å². The molecule has 0 radical (unpaired) electrons. The number of pyridine rings is 1. The molecule has 0 bridgehead atoms. The standard InChI is InChI=1S/C15H14N2O3/c1-20-15-8-7-13(11-16-15)10-14(17(18)19)9-12-5-3-2-4-6-12/h2-8,10-11H,9H2,1H3/b14-10-. The maximum Gasteiger partial charge on any atom is 0.251 e. The minimum atomic E-state index is -0.364. The lowest BCUT2D eigenvalue weighted by Crippen LogP contribution is -2.02. The monoisotopic (exact) mass is 270 g/mol. The SMILES string of the molecule is COc1ccc(/C=C(/Cc2ccccc2)[N+](=O)[O-])cn1. The van der Waals surface area contributed by atoms with E-state index in [-0.39, 0.29) is 17.0 Å². The van der Waals surface area contributed by atoms with Gasteiger partial charge in [0.05, 0.1) is 18.5 Å². The number of allylic oxidation sites excluding steroid dienone is 1. The van der Waals surface area contributed by atoms with Gasteiger partial charge in [-0.05, 0) is 17.2 Å². The summed E-state index contributed by atoms with van der Waals surface area (Å²) < 4.78 is 4.95. The first-order valence-corrected chi connectivity index (χ1v) is 6.08. The van der Waals surface area contributed by atoms with E-state index >= 15 is 0 Å². The van der Waals surface area contributed by atoms with Gasteiger partial charge in [-0.3, -0.25) is 10.1 Å². The summed E-state index contributed by atoms with van der Waals surface area (Å²) in [6, 6.07) is 12.7. The normalized spacial score (nSPS) is 11.2. The van der Waals surface area contributed by atoms with Gasteiger partial charge in [0, 0.05) is 18.3 Å². The number of hydrogen-bond acceptors (Lipinski definition) is 4. The van der Waals surface area contributed by atoms with Crippen molar-refractivity contribution >= 4 is 6.08 Å². The molecule has 0 fully saturated rings. The van der Waals surface area contributed by atoms with Gasteiger partial charge in [-0.1, -0.05) is 30.3 Å². The number of rotatable bonds is 5. The number of nitrogens with zero attached hydrogens (tertiary/aromatic N) is 2. The van der Waals surface area contributed by atoms with Crippen LogP contribution in [0.2, 0.25) is 0 Å². The van der Waals surface area contributed by atoms with Crippen molar-refractivity contribution in [3.63, 3.8) is 0 Å². The van der Waals surface area contributed by atoms with Gasteiger partial charge >= 0.3 is 0 Å². The van der Waals surface area contributed by atoms with Gasteiger partial charge in [0.2, 0.25) is 5.88 Å². The summed E-state index contributed by atoms with van der Waals surface area (Å²) in [4.78, 5) is 14.8. The molecule has 2 rings (SSSR count). The molecular weight excluding hydrogens is 256 g/mol. The van der Waals surface area contributed by atoms with E-state index in [0.29, 0.717) is 11.4 Å². The van der Waals surface area contributed by atoms with Crippen molar-refractivity contribution in [1.29, 1.82) is 0 Å². The Morgan fingerprint density at radius 2 is 2.05 bits per heavy atom. The van der Waals surface area contributed by atoms with Crippen LogP contribution in [0.3, 0.4) is 0 Å². The predicted molar refractivity (Wildman–Crippen MR) is 75.9 cm³/mol. The average Bonchev–Trinajstić information content (AvgIpc) is 2.48. The zero-order chi connectivity index (χ0) is 14.4. The van der Waals surface area contributed by atoms with E-state index in [1.54, 1.807) is 18.3 Å². The largest absolute Gasteiger partial charge is 0.481 e. The van der Waals surface area contributed by atoms with E-state index in [4.69, 9.17) is 4.74 Å². The topological polar surface area (TPSA) is 65.3 Å². The lowest BCUT2D eigenvalue weighted by atomic mass is 10.1. The van der Waals surface area contributed by atoms with Crippen LogP contribution >= 0.6 is 0 Å². The second kappa shape index (κ2) is 6.47. The number of benzene rings is 1. The van der Waals surface area contributed by atoms with Gasteiger partial charge in [0.1, 0.15) is 0 Å². The summed E-state index contributed by atoms with van der Waals surface area (Å²) in [5.41, 5.74) is 1.70. The third-order valence-corrected chi connectivity index (χ3v) is 2.76. The highest BCUT2D eigenvalue weighted by Gasteiger charge is 2.11. The second-order valence-corrected chi connectivity index (χ2v) is 4.19. The van der Waals surface area contributed by atoms with Gasteiger partial charge in [-0.25, -0.2) is 4.98 Å². The molecule has 0 atom stereocenters. The fraction of sp³-hybridized carbons (Fsp3) is 0.133. The molecule has 1 heterocycles. The first-order valence-electron chi connectivity index (χ1n) is 6.08. The van der Waals surface area contributed by atoms with E-state index < -0.39 is 0 Å². The quantitative estimate of drug-likeness (QED) is 0.619. The van der Waals surface area contributed by atoms with Gasteiger partial charge in [0.25, 0.3) is 5.70 Å². The Morgan fingerprint density at radius 3 is 2.60 bits per heavy atom. The van der Waals surface area contributed by atoms with E-state index in [2.05, 4.69) is 4.98 Å². The Balaban J connectivity index is 2.23. The van der Waals surface area contributed by atoms with Crippen LogP contribution in [-0.4, -0.2) is 17.0 Å². The molecule has 102 valence electrons. The van der Waals surface area contributed by atoms with Crippen molar-refractivity contribution in [2.45, 2.75) is 6.42 Å². The summed E-state index contributed by atoms with van der Waals surface area (Å²) in [5.74, 6) is 0.480. The van der Waals surface area contributed by atoms with Crippen molar-refractivity contribution < 1.29 is 9.66 Å². The Labute approximate surface area is 116 Å². The Bertz CT molecular complexity index is 607. The zero-order valence-corrected chi connectivity index (χ0v) is 11.0. The van der Waals surface area contributed by atoms with Crippen LogP contribution in [0.25, 0.3) is 6.08 Å². The minimum absolute atomic E-state index is 0.128. The Morgan fingerprint density at radius 1 is 1.30 bits per heavy atom. The first kappa shape index (κ1) is 13.7. The molecule has 0 aliphatic carbocycles. The molecule has 0 amide bonds. The van der Waals surface area contributed by atoms with Crippen molar-refractivity contribution in [3.8, 4) is 5.88 Å². The number of methoxy groups -OCH3 is 1. The summed E-state index contributed by atoms with van der Waals surface area (Å²) >= 11 is 0. The van der Waals surface area contributed by atoms with E-state index in [1.165, 1.54) is 13.2 Å². The molecule has 0 unspecified atom stereocenters. The van der Waals surface area contributed by atoms with E-state index in [0.717, 1.165) is 5.56 Å². The smallest absolute Gasteiger partial charge is 0.251 e. The van der Waals surface area contributed by atoms with Crippen LogP contribution in [0.15, 0.2) is 54.4 Å². The molecule has 0 aliphatic rings. The molecule has 2 aromatic rings. The second-order valence-electron chi connectivity index (χ2n) is 4.19. The molecule has 0 saturated heterocycles. The van der Waals surface area contributed by atoms with Crippen LogP contribution in [0, 0.1) is 10.1 Å². The van der Waals surface area contributed by atoms with Crippen LogP contribution in [0.5, 0.6) is 5.88 Å². The van der Waals surface area contributed by atoms with Crippen molar-refractivity contribution in [2.75, 3.05) is 7.11 Å². The van der Waals surface area contributed by atoms with Gasteiger partial charge < -0.3 is 4.74 Å². The predicted octanol–water partition coefficient (Wildman–Crippen LogP) is 2.95. The molecule has 1 aromatic heterocycles. The number of nitro groups is 1. The fourth-order valence-corrected chi connectivity index (χ4v) is 1.76. The lowest BCUT2D eigenvalue weighted by molar-refractivity contribution is -0.425. The van der Waals surface area contributed by atoms with Crippen LogP contribution in [0.1, 0.15) is 11.1 Å². The van der Waals surface area contributed by atoms with Crippen LogP contribution < -0.4 is 4.74 Å². The third kappa shape index (κ3) is 3.65. The maximum absolute atomic E-state index is 11.1. The van der Waals surface area contributed by atoms with Crippen molar-refractivity contribution in [1.82, 2.24) is 4.98 Å². The van der Waals surface area contributed by atoms with E-state index in [1.807, 2.05) is 30.3 Å². The lowest BCUT2D eigenvalue weighted by Gasteiger charge is -2.01. The van der Waals surface area contributed by atoms with Gasteiger partial charge in [0.15, 0.2) is 0 Å².